The normalized spacial score (nSPS) is 13.0. The van der Waals surface area contributed by atoms with Crippen LogP contribution in [0.4, 0.5) is 0 Å². The minimum atomic E-state index is -3.88. The highest BCUT2D eigenvalue weighted by Gasteiger charge is 2.33. The topological polar surface area (TPSA) is 74.7 Å². The molecular formula is C18H21NO4S. The molecule has 0 amide bonds. The summed E-state index contributed by atoms with van der Waals surface area (Å²) in [5, 5.41) is 9.54. The van der Waals surface area contributed by atoms with Crippen LogP contribution >= 0.6 is 0 Å². The first-order chi connectivity index (χ1) is 11.2. The minimum absolute atomic E-state index is 0.0895. The Morgan fingerprint density at radius 1 is 1.08 bits per heavy atom. The molecule has 1 unspecified atom stereocenters. The van der Waals surface area contributed by atoms with Gasteiger partial charge >= 0.3 is 5.97 Å². The third kappa shape index (κ3) is 3.83. The molecule has 0 aromatic heterocycles. The number of hydrogen-bond donors (Lipinski definition) is 1. The van der Waals surface area contributed by atoms with E-state index in [1.54, 1.807) is 12.1 Å². The minimum Gasteiger partial charge on any atom is -0.480 e. The first-order valence-corrected chi connectivity index (χ1v) is 8.99. The van der Waals surface area contributed by atoms with Crippen LogP contribution in [0, 0.1) is 13.8 Å². The zero-order valence-electron chi connectivity index (χ0n) is 13.9. The highest BCUT2D eigenvalue weighted by atomic mass is 32.2. The number of hydrogen-bond acceptors (Lipinski definition) is 3. The molecule has 0 aliphatic rings. The summed E-state index contributed by atoms with van der Waals surface area (Å²) in [6.07, 6.45) is 0.115. The Kier molecular flexibility index (Phi) is 5.41. The van der Waals surface area contributed by atoms with Crippen molar-refractivity contribution in [2.24, 2.45) is 0 Å². The predicted octanol–water partition coefficient (Wildman–Crippen LogP) is 2.62. The van der Waals surface area contributed by atoms with E-state index in [2.05, 4.69) is 0 Å². The fourth-order valence-corrected chi connectivity index (χ4v) is 3.78. The average Bonchev–Trinajstić information content (AvgIpc) is 2.53. The molecule has 2 rings (SSSR count). The van der Waals surface area contributed by atoms with Crippen molar-refractivity contribution in [3.05, 3.63) is 65.2 Å². The van der Waals surface area contributed by atoms with Gasteiger partial charge in [0.25, 0.3) is 0 Å². The molecule has 0 saturated heterocycles. The van der Waals surface area contributed by atoms with Crippen molar-refractivity contribution >= 4 is 16.0 Å². The second-order valence-corrected chi connectivity index (χ2v) is 7.82. The summed E-state index contributed by atoms with van der Waals surface area (Å²) in [5.74, 6) is -1.17. The van der Waals surface area contributed by atoms with Crippen molar-refractivity contribution in [2.75, 3.05) is 7.05 Å². The van der Waals surface area contributed by atoms with E-state index < -0.39 is 22.0 Å². The second kappa shape index (κ2) is 7.15. The molecule has 6 heteroatoms. The molecule has 2 aromatic rings. The first-order valence-electron chi connectivity index (χ1n) is 7.55. The summed E-state index contributed by atoms with van der Waals surface area (Å²) >= 11 is 0. The van der Waals surface area contributed by atoms with Crippen LogP contribution < -0.4 is 0 Å². The van der Waals surface area contributed by atoms with Crippen LogP contribution in [-0.4, -0.2) is 36.9 Å². The van der Waals surface area contributed by atoms with E-state index in [1.165, 1.54) is 19.2 Å². The number of aliphatic carboxylic acids is 1. The molecule has 0 aliphatic carbocycles. The van der Waals surface area contributed by atoms with Crippen LogP contribution in [0.5, 0.6) is 0 Å². The van der Waals surface area contributed by atoms with Gasteiger partial charge in [-0.05, 0) is 43.5 Å². The zero-order chi connectivity index (χ0) is 17.9. The molecule has 5 nitrogen and oxygen atoms in total. The monoisotopic (exact) mass is 347 g/mol. The Morgan fingerprint density at radius 3 is 2.21 bits per heavy atom. The van der Waals surface area contributed by atoms with Gasteiger partial charge in [0.05, 0.1) is 4.90 Å². The fraction of sp³-hybridized carbons (Fsp3) is 0.278. The van der Waals surface area contributed by atoms with Crippen LogP contribution in [0.3, 0.4) is 0 Å². The number of carboxylic acids is 1. The number of likely N-dealkylation sites (N-methyl/N-ethyl adjacent to an activating group) is 1. The maximum atomic E-state index is 12.7. The summed E-state index contributed by atoms with van der Waals surface area (Å²) in [5.41, 5.74) is 2.69. The lowest BCUT2D eigenvalue weighted by Gasteiger charge is -2.25. The van der Waals surface area contributed by atoms with Crippen LogP contribution in [-0.2, 0) is 21.2 Å². The molecule has 0 heterocycles. The Morgan fingerprint density at radius 2 is 1.67 bits per heavy atom. The number of rotatable bonds is 6. The Balaban J connectivity index is 2.35. The van der Waals surface area contributed by atoms with Crippen molar-refractivity contribution in [3.63, 3.8) is 0 Å². The van der Waals surface area contributed by atoms with Crippen LogP contribution in [0.1, 0.15) is 16.7 Å². The van der Waals surface area contributed by atoms with Crippen molar-refractivity contribution < 1.29 is 18.3 Å². The van der Waals surface area contributed by atoms with E-state index in [0.717, 1.165) is 21.0 Å². The molecule has 0 spiro atoms. The molecule has 24 heavy (non-hydrogen) atoms. The van der Waals surface area contributed by atoms with Gasteiger partial charge in [0.1, 0.15) is 6.04 Å². The number of carbonyl (C=O) groups is 1. The van der Waals surface area contributed by atoms with Gasteiger partial charge in [-0.25, -0.2) is 8.42 Å². The van der Waals surface area contributed by atoms with E-state index in [1.807, 2.05) is 38.1 Å². The Bertz CT molecular complexity index is 828. The lowest BCUT2D eigenvalue weighted by molar-refractivity contribution is -0.141. The number of sulfonamides is 1. The van der Waals surface area contributed by atoms with Gasteiger partial charge in [-0.3, -0.25) is 4.79 Å². The quantitative estimate of drug-likeness (QED) is 0.872. The van der Waals surface area contributed by atoms with Crippen molar-refractivity contribution in [1.82, 2.24) is 4.31 Å². The summed E-state index contributed by atoms with van der Waals surface area (Å²) in [7, 11) is -2.57. The van der Waals surface area contributed by atoms with Gasteiger partial charge in [-0.15, -0.1) is 0 Å². The largest absolute Gasteiger partial charge is 0.480 e. The van der Waals surface area contributed by atoms with Gasteiger partial charge in [-0.1, -0.05) is 42.0 Å². The van der Waals surface area contributed by atoms with E-state index >= 15 is 0 Å². The molecule has 0 aliphatic heterocycles. The van der Waals surface area contributed by atoms with Crippen LogP contribution in [0.15, 0.2) is 53.4 Å². The number of nitrogens with zero attached hydrogens (tertiary/aromatic N) is 1. The van der Waals surface area contributed by atoms with Crippen molar-refractivity contribution in [1.29, 1.82) is 0 Å². The van der Waals surface area contributed by atoms with Crippen molar-refractivity contribution in [2.45, 2.75) is 31.2 Å². The SMILES string of the molecule is Cc1ccc(S(=O)(=O)N(C)C(Cc2ccccc2C)C(=O)O)cc1. The van der Waals surface area contributed by atoms with Crippen LogP contribution in [0.2, 0.25) is 0 Å². The van der Waals surface area contributed by atoms with E-state index in [4.69, 9.17) is 0 Å². The second-order valence-electron chi connectivity index (χ2n) is 5.82. The molecule has 1 N–H and O–H groups in total. The molecular weight excluding hydrogens is 326 g/mol. The van der Waals surface area contributed by atoms with Gasteiger partial charge in [0, 0.05) is 7.05 Å². The maximum absolute atomic E-state index is 12.7. The third-order valence-corrected chi connectivity index (χ3v) is 5.98. The molecule has 1 atom stereocenters. The molecule has 2 aromatic carbocycles. The summed E-state index contributed by atoms with van der Waals surface area (Å²) in [6.45, 7) is 3.74. The summed E-state index contributed by atoms with van der Waals surface area (Å²) in [4.78, 5) is 11.8. The van der Waals surface area contributed by atoms with E-state index in [0.29, 0.717) is 0 Å². The predicted molar refractivity (Wildman–Crippen MR) is 92.4 cm³/mol. The standard InChI is InChI=1S/C18H21NO4S/c1-13-8-10-16(11-9-13)24(22,23)19(3)17(18(20)21)12-15-7-5-4-6-14(15)2/h4-11,17H,12H2,1-3H3,(H,20,21). The highest BCUT2D eigenvalue weighted by Crippen LogP contribution is 2.20. The van der Waals surface area contributed by atoms with E-state index in [9.17, 15) is 18.3 Å². The van der Waals surface area contributed by atoms with Crippen molar-refractivity contribution in [3.8, 4) is 0 Å². The maximum Gasteiger partial charge on any atom is 0.322 e. The molecule has 0 radical (unpaired) electrons. The highest BCUT2D eigenvalue weighted by molar-refractivity contribution is 7.89. The number of aryl methyl sites for hydroxylation is 2. The molecule has 0 saturated carbocycles. The Labute approximate surface area is 142 Å². The molecule has 0 bridgehead atoms. The summed E-state index contributed by atoms with van der Waals surface area (Å²) in [6, 6.07) is 12.6. The average molecular weight is 347 g/mol. The number of carboxylic acid groups (broad SMARTS) is 1. The van der Waals surface area contributed by atoms with Gasteiger partial charge in [0.2, 0.25) is 10.0 Å². The van der Waals surface area contributed by atoms with Gasteiger partial charge in [0.15, 0.2) is 0 Å². The number of benzene rings is 2. The zero-order valence-corrected chi connectivity index (χ0v) is 14.7. The third-order valence-electron chi connectivity index (χ3n) is 4.10. The summed E-state index contributed by atoms with van der Waals surface area (Å²) < 4.78 is 26.4. The molecule has 0 fully saturated rings. The Hall–Kier alpha value is -2.18. The molecule has 128 valence electrons. The van der Waals surface area contributed by atoms with E-state index in [-0.39, 0.29) is 11.3 Å². The van der Waals surface area contributed by atoms with Gasteiger partial charge < -0.3 is 5.11 Å². The lowest BCUT2D eigenvalue weighted by atomic mass is 10.0. The lowest BCUT2D eigenvalue weighted by Crippen LogP contribution is -2.43. The smallest absolute Gasteiger partial charge is 0.322 e. The fourth-order valence-electron chi connectivity index (χ4n) is 2.46. The van der Waals surface area contributed by atoms with Gasteiger partial charge in [-0.2, -0.15) is 4.31 Å². The van der Waals surface area contributed by atoms with Crippen LogP contribution in [0.25, 0.3) is 0 Å². The first kappa shape index (κ1) is 18.2.